The summed E-state index contributed by atoms with van der Waals surface area (Å²) >= 11 is 0. The summed E-state index contributed by atoms with van der Waals surface area (Å²) in [5.41, 5.74) is 1.45. The number of benzene rings is 2. The van der Waals surface area contributed by atoms with Crippen molar-refractivity contribution in [3.8, 4) is 35.5 Å². The lowest BCUT2D eigenvalue weighted by Gasteiger charge is -2.34. The molecule has 2 aromatic carbocycles. The number of anilines is 1. The standard InChI is InChI=1S/C39H44F2N6O2/c1-5-28-30(40)9-8-27-16-24(4)17-29(31(27)28)34-33(41)35-32(37(43-34)49-23(2)3)36(47-19-25-6-7-26(18-25)20-47)45-38(44-35)48-22-39(10-11-39)21-46-14-12-42-13-15-46/h1,8-9,16-17,23,25-26,42H,6-7,10-15,18-22H2,2-4H3. The molecule has 8 nitrogen and oxygen atoms in total. The molecule has 4 fully saturated rings. The number of halogens is 2. The molecule has 2 atom stereocenters. The Bertz CT molecular complexity index is 1950. The van der Waals surface area contributed by atoms with Crippen molar-refractivity contribution in [1.29, 1.82) is 0 Å². The number of hydrogen-bond donors (Lipinski definition) is 1. The van der Waals surface area contributed by atoms with Crippen LogP contribution in [0.2, 0.25) is 0 Å². The van der Waals surface area contributed by atoms with E-state index in [4.69, 9.17) is 30.8 Å². The second-order valence-electron chi connectivity index (χ2n) is 15.0. The lowest BCUT2D eigenvalue weighted by Crippen LogP contribution is -2.46. The summed E-state index contributed by atoms with van der Waals surface area (Å²) in [6.45, 7) is 12.9. The minimum absolute atomic E-state index is 0.00522. The maximum Gasteiger partial charge on any atom is 0.319 e. The molecule has 2 aromatic heterocycles. The molecule has 2 saturated heterocycles. The molecule has 4 aromatic rings. The molecule has 0 radical (unpaired) electrons. The average Bonchev–Trinajstić information content (AvgIpc) is 3.77. The summed E-state index contributed by atoms with van der Waals surface area (Å²) in [6, 6.07) is 6.88. The number of aryl methyl sites for hydroxylation is 1. The van der Waals surface area contributed by atoms with Crippen molar-refractivity contribution < 1.29 is 18.3 Å². The van der Waals surface area contributed by atoms with E-state index in [0.29, 0.717) is 46.0 Å². The van der Waals surface area contributed by atoms with Crippen LogP contribution >= 0.6 is 0 Å². The Balaban J connectivity index is 1.29. The highest BCUT2D eigenvalue weighted by Gasteiger charge is 2.45. The Morgan fingerprint density at radius 2 is 1.80 bits per heavy atom. The van der Waals surface area contributed by atoms with Gasteiger partial charge in [0.1, 0.15) is 28.2 Å². The first-order valence-corrected chi connectivity index (χ1v) is 17.8. The van der Waals surface area contributed by atoms with Crippen molar-refractivity contribution in [2.45, 2.75) is 59.0 Å². The highest BCUT2D eigenvalue weighted by atomic mass is 19.1. The van der Waals surface area contributed by atoms with Crippen LogP contribution in [0.15, 0.2) is 24.3 Å². The van der Waals surface area contributed by atoms with Gasteiger partial charge in [-0.1, -0.05) is 18.1 Å². The van der Waals surface area contributed by atoms with Gasteiger partial charge in [0.05, 0.1) is 18.3 Å². The first-order chi connectivity index (χ1) is 23.7. The van der Waals surface area contributed by atoms with Gasteiger partial charge in [0, 0.05) is 62.2 Å². The number of nitrogens with zero attached hydrogens (tertiary/aromatic N) is 5. The first-order valence-electron chi connectivity index (χ1n) is 17.8. The number of ether oxygens (including phenoxy) is 2. The monoisotopic (exact) mass is 666 g/mol. The second kappa shape index (κ2) is 12.7. The Labute approximate surface area is 286 Å². The molecule has 2 aliphatic heterocycles. The number of terminal acetylenes is 1. The summed E-state index contributed by atoms with van der Waals surface area (Å²) in [5.74, 6) is 3.27. The molecule has 49 heavy (non-hydrogen) atoms. The van der Waals surface area contributed by atoms with Crippen LogP contribution in [0.3, 0.4) is 0 Å². The van der Waals surface area contributed by atoms with E-state index in [-0.39, 0.29) is 40.2 Å². The molecule has 2 saturated carbocycles. The van der Waals surface area contributed by atoms with Crippen LogP contribution in [-0.2, 0) is 0 Å². The number of aromatic nitrogens is 3. The van der Waals surface area contributed by atoms with Gasteiger partial charge in [-0.25, -0.2) is 13.8 Å². The molecule has 2 aliphatic carbocycles. The number of hydrogen-bond acceptors (Lipinski definition) is 8. The second-order valence-corrected chi connectivity index (χ2v) is 15.0. The first kappa shape index (κ1) is 32.2. The van der Waals surface area contributed by atoms with Crippen molar-refractivity contribution in [2.24, 2.45) is 17.3 Å². The van der Waals surface area contributed by atoms with Gasteiger partial charge < -0.3 is 24.6 Å². The molecule has 4 aliphatic rings. The van der Waals surface area contributed by atoms with Crippen molar-refractivity contribution in [3.63, 3.8) is 0 Å². The Morgan fingerprint density at radius 3 is 2.49 bits per heavy atom. The molecule has 1 N–H and O–H groups in total. The lowest BCUT2D eigenvalue weighted by molar-refractivity contribution is 0.144. The predicted octanol–water partition coefficient (Wildman–Crippen LogP) is 6.50. The summed E-state index contributed by atoms with van der Waals surface area (Å²) in [7, 11) is 0. The number of rotatable bonds is 9. The number of fused-ring (bicyclic) bond motifs is 4. The fraction of sp³-hybridized carbons (Fsp3) is 0.513. The summed E-state index contributed by atoms with van der Waals surface area (Å²) < 4.78 is 45.2. The normalized spacial score (nSPS) is 21.8. The van der Waals surface area contributed by atoms with Crippen LogP contribution in [0.1, 0.15) is 57.1 Å². The third kappa shape index (κ3) is 6.16. The fourth-order valence-electron chi connectivity index (χ4n) is 8.27. The van der Waals surface area contributed by atoms with Crippen LogP contribution in [-0.4, -0.2) is 78.4 Å². The van der Waals surface area contributed by atoms with Gasteiger partial charge in [0.25, 0.3) is 0 Å². The van der Waals surface area contributed by atoms with Crippen LogP contribution in [0.5, 0.6) is 11.9 Å². The highest BCUT2D eigenvalue weighted by Crippen LogP contribution is 2.48. The molecule has 2 unspecified atom stereocenters. The van der Waals surface area contributed by atoms with Crippen LogP contribution < -0.4 is 19.7 Å². The van der Waals surface area contributed by atoms with Gasteiger partial charge in [-0.05, 0) is 87.8 Å². The quantitative estimate of drug-likeness (QED) is 0.203. The van der Waals surface area contributed by atoms with E-state index in [1.807, 2.05) is 26.8 Å². The summed E-state index contributed by atoms with van der Waals surface area (Å²) in [6.07, 6.45) is 11.3. The van der Waals surface area contributed by atoms with E-state index in [1.54, 1.807) is 12.1 Å². The molecule has 10 heteroatoms. The van der Waals surface area contributed by atoms with Crippen LogP contribution in [0.4, 0.5) is 14.6 Å². The average molecular weight is 667 g/mol. The minimum Gasteiger partial charge on any atom is -0.474 e. The molecular formula is C39H44F2N6O2. The number of nitrogens with one attached hydrogen (secondary N) is 1. The van der Waals surface area contributed by atoms with E-state index in [9.17, 15) is 0 Å². The number of pyridine rings is 1. The minimum atomic E-state index is -0.638. The predicted molar refractivity (Wildman–Crippen MR) is 188 cm³/mol. The number of piperazine rings is 1. The van der Waals surface area contributed by atoms with Gasteiger partial charge in [-0.15, -0.1) is 6.42 Å². The highest BCUT2D eigenvalue weighted by molar-refractivity contribution is 6.03. The van der Waals surface area contributed by atoms with E-state index >= 15 is 8.78 Å². The molecule has 0 amide bonds. The van der Waals surface area contributed by atoms with Crippen LogP contribution in [0, 0.1) is 48.2 Å². The molecular weight excluding hydrogens is 622 g/mol. The largest absolute Gasteiger partial charge is 0.474 e. The molecule has 4 heterocycles. The van der Waals surface area contributed by atoms with Crippen molar-refractivity contribution in [1.82, 2.24) is 25.2 Å². The maximum absolute atomic E-state index is 17.3. The van der Waals surface area contributed by atoms with E-state index in [1.165, 1.54) is 25.3 Å². The maximum atomic E-state index is 17.3. The third-order valence-electron chi connectivity index (χ3n) is 10.8. The Hall–Kier alpha value is -4.07. The van der Waals surface area contributed by atoms with Gasteiger partial charge in [-0.2, -0.15) is 9.97 Å². The van der Waals surface area contributed by atoms with Gasteiger partial charge in [0.2, 0.25) is 5.88 Å². The zero-order chi connectivity index (χ0) is 33.9. The smallest absolute Gasteiger partial charge is 0.319 e. The zero-order valence-corrected chi connectivity index (χ0v) is 28.6. The summed E-state index contributed by atoms with van der Waals surface area (Å²) in [4.78, 5) is 19.4. The van der Waals surface area contributed by atoms with E-state index in [2.05, 4.69) is 21.0 Å². The van der Waals surface area contributed by atoms with Gasteiger partial charge in [0.15, 0.2) is 5.82 Å². The summed E-state index contributed by atoms with van der Waals surface area (Å²) in [5, 5.41) is 4.99. The number of piperidine rings is 1. The molecule has 256 valence electrons. The Kier molecular flexibility index (Phi) is 8.32. The topological polar surface area (TPSA) is 75.6 Å². The van der Waals surface area contributed by atoms with Crippen LogP contribution in [0.25, 0.3) is 32.9 Å². The van der Waals surface area contributed by atoms with Crippen molar-refractivity contribution in [2.75, 3.05) is 57.3 Å². The van der Waals surface area contributed by atoms with Gasteiger partial charge in [-0.3, -0.25) is 0 Å². The SMILES string of the molecule is C#Cc1c(F)ccc2cc(C)cc(-c3nc(OC(C)C)c4c(N5CC6CCC(C6)C5)nc(OCC5(CN6CCNCC6)CC5)nc4c3F)c12. The third-order valence-corrected chi connectivity index (χ3v) is 10.8. The van der Waals surface area contributed by atoms with E-state index in [0.717, 1.165) is 64.2 Å². The van der Waals surface area contributed by atoms with Crippen molar-refractivity contribution in [3.05, 3.63) is 47.0 Å². The van der Waals surface area contributed by atoms with Gasteiger partial charge >= 0.3 is 6.01 Å². The van der Waals surface area contributed by atoms with E-state index < -0.39 is 11.6 Å². The zero-order valence-electron chi connectivity index (χ0n) is 28.6. The molecule has 2 bridgehead atoms. The Morgan fingerprint density at radius 1 is 1.04 bits per heavy atom. The molecule has 0 spiro atoms. The fourth-order valence-corrected chi connectivity index (χ4v) is 8.27. The lowest BCUT2D eigenvalue weighted by atomic mass is 9.94. The molecule has 8 rings (SSSR count). The van der Waals surface area contributed by atoms with Crippen molar-refractivity contribution >= 4 is 27.5 Å².